The van der Waals surface area contributed by atoms with Crippen LogP contribution in [0.1, 0.15) is 0 Å². The minimum absolute atomic E-state index is 0.233. The SMILES string of the molecule is O=C(O)CONC(=O)COc1ccccc1. The molecule has 0 aliphatic heterocycles. The summed E-state index contributed by atoms with van der Waals surface area (Å²) >= 11 is 0. The van der Waals surface area contributed by atoms with Gasteiger partial charge in [-0.15, -0.1) is 0 Å². The molecule has 0 bridgehead atoms. The van der Waals surface area contributed by atoms with Gasteiger partial charge in [0, 0.05) is 0 Å². The molecule has 16 heavy (non-hydrogen) atoms. The topological polar surface area (TPSA) is 84.9 Å². The molecule has 6 heteroatoms. The van der Waals surface area contributed by atoms with Crippen LogP contribution >= 0.6 is 0 Å². The van der Waals surface area contributed by atoms with E-state index in [0.717, 1.165) is 0 Å². The molecule has 86 valence electrons. The van der Waals surface area contributed by atoms with Crippen LogP contribution in [0, 0.1) is 0 Å². The van der Waals surface area contributed by atoms with E-state index in [1.807, 2.05) is 11.5 Å². The normalized spacial score (nSPS) is 9.50. The average Bonchev–Trinajstić information content (AvgIpc) is 2.27. The van der Waals surface area contributed by atoms with Crippen LogP contribution in [-0.4, -0.2) is 30.2 Å². The van der Waals surface area contributed by atoms with Gasteiger partial charge >= 0.3 is 5.97 Å². The van der Waals surface area contributed by atoms with Crippen LogP contribution in [0.2, 0.25) is 0 Å². The van der Waals surface area contributed by atoms with Crippen LogP contribution in [0.3, 0.4) is 0 Å². The van der Waals surface area contributed by atoms with Crippen molar-refractivity contribution in [1.29, 1.82) is 0 Å². The molecule has 1 amide bonds. The first kappa shape index (κ1) is 12.0. The molecule has 0 saturated heterocycles. The van der Waals surface area contributed by atoms with Crippen molar-refractivity contribution in [3.8, 4) is 5.75 Å². The lowest BCUT2D eigenvalue weighted by atomic mass is 10.3. The molecule has 0 atom stereocenters. The highest BCUT2D eigenvalue weighted by molar-refractivity contribution is 5.76. The number of amides is 1. The number of hydrogen-bond donors (Lipinski definition) is 2. The van der Waals surface area contributed by atoms with Gasteiger partial charge in [-0.05, 0) is 12.1 Å². The van der Waals surface area contributed by atoms with Crippen molar-refractivity contribution in [2.75, 3.05) is 13.2 Å². The molecular formula is C10H11NO5. The van der Waals surface area contributed by atoms with Crippen LogP contribution in [0.15, 0.2) is 30.3 Å². The Morgan fingerprint density at radius 2 is 1.88 bits per heavy atom. The fourth-order valence-corrected chi connectivity index (χ4v) is 0.873. The zero-order valence-electron chi connectivity index (χ0n) is 8.38. The maximum absolute atomic E-state index is 11.0. The second-order valence-corrected chi connectivity index (χ2v) is 2.81. The molecule has 0 unspecified atom stereocenters. The molecule has 0 spiro atoms. The molecule has 2 N–H and O–H groups in total. The molecule has 6 nitrogen and oxygen atoms in total. The number of para-hydroxylation sites is 1. The molecular weight excluding hydrogens is 214 g/mol. The zero-order valence-corrected chi connectivity index (χ0v) is 8.38. The molecule has 1 rings (SSSR count). The van der Waals surface area contributed by atoms with Crippen molar-refractivity contribution in [3.05, 3.63) is 30.3 Å². The third kappa shape index (κ3) is 4.97. The number of carboxylic acid groups (broad SMARTS) is 1. The second kappa shape index (κ2) is 6.41. The summed E-state index contributed by atoms with van der Waals surface area (Å²) in [5, 5.41) is 8.23. The fraction of sp³-hybridized carbons (Fsp3) is 0.200. The first-order valence-electron chi connectivity index (χ1n) is 4.49. The van der Waals surface area contributed by atoms with E-state index in [0.29, 0.717) is 5.75 Å². The monoisotopic (exact) mass is 225 g/mol. The van der Waals surface area contributed by atoms with E-state index in [1.54, 1.807) is 24.3 Å². The van der Waals surface area contributed by atoms with Gasteiger partial charge in [0.2, 0.25) is 0 Å². The lowest BCUT2D eigenvalue weighted by Crippen LogP contribution is -2.30. The number of carboxylic acids is 1. The summed E-state index contributed by atoms with van der Waals surface area (Å²) < 4.78 is 5.09. The zero-order chi connectivity index (χ0) is 11.8. The van der Waals surface area contributed by atoms with Crippen LogP contribution in [0.25, 0.3) is 0 Å². The summed E-state index contributed by atoms with van der Waals surface area (Å²) in [6.07, 6.45) is 0. The van der Waals surface area contributed by atoms with Crippen molar-refractivity contribution in [3.63, 3.8) is 0 Å². The number of carbonyl (C=O) groups is 2. The Morgan fingerprint density at radius 1 is 1.19 bits per heavy atom. The summed E-state index contributed by atoms with van der Waals surface area (Å²) in [5.41, 5.74) is 1.94. The lowest BCUT2D eigenvalue weighted by molar-refractivity contribution is -0.149. The highest BCUT2D eigenvalue weighted by Gasteiger charge is 2.03. The number of carbonyl (C=O) groups excluding carboxylic acids is 1. The van der Waals surface area contributed by atoms with Crippen LogP contribution in [-0.2, 0) is 14.4 Å². The van der Waals surface area contributed by atoms with Gasteiger partial charge < -0.3 is 9.84 Å². The number of rotatable bonds is 6. The molecule has 1 aromatic rings. The van der Waals surface area contributed by atoms with E-state index in [2.05, 4.69) is 4.84 Å². The Kier molecular flexibility index (Phi) is 4.81. The van der Waals surface area contributed by atoms with Crippen molar-refractivity contribution in [1.82, 2.24) is 5.48 Å². The highest BCUT2D eigenvalue weighted by atomic mass is 16.7. The van der Waals surface area contributed by atoms with Gasteiger partial charge in [0.15, 0.2) is 13.2 Å². The maximum atomic E-state index is 11.0. The molecule has 0 aliphatic rings. The standard InChI is InChI=1S/C10H11NO5/c12-9(11-16-7-10(13)14)6-15-8-4-2-1-3-5-8/h1-5H,6-7H2,(H,11,12)(H,13,14). The van der Waals surface area contributed by atoms with Gasteiger partial charge in [0.05, 0.1) is 0 Å². The molecule has 0 aliphatic carbocycles. The molecule has 0 saturated carbocycles. The average molecular weight is 225 g/mol. The smallest absolute Gasteiger partial charge is 0.332 e. The number of hydroxylamine groups is 1. The van der Waals surface area contributed by atoms with Crippen molar-refractivity contribution < 1.29 is 24.3 Å². The van der Waals surface area contributed by atoms with Crippen molar-refractivity contribution in [2.45, 2.75) is 0 Å². The minimum atomic E-state index is -1.16. The molecule has 1 aromatic carbocycles. The van der Waals surface area contributed by atoms with E-state index < -0.39 is 18.5 Å². The van der Waals surface area contributed by atoms with E-state index in [4.69, 9.17) is 9.84 Å². The third-order valence-electron chi connectivity index (χ3n) is 1.49. The number of benzene rings is 1. The predicted octanol–water partition coefficient (Wildman–Crippen LogP) is 0.198. The van der Waals surface area contributed by atoms with Gasteiger partial charge in [0.1, 0.15) is 5.75 Å². The van der Waals surface area contributed by atoms with Gasteiger partial charge in [-0.1, -0.05) is 18.2 Å². The van der Waals surface area contributed by atoms with Crippen LogP contribution < -0.4 is 10.2 Å². The summed E-state index contributed by atoms with van der Waals surface area (Å²) in [6.45, 7) is -0.819. The van der Waals surface area contributed by atoms with Crippen LogP contribution in [0.5, 0.6) is 5.75 Å². The third-order valence-corrected chi connectivity index (χ3v) is 1.49. The fourth-order valence-electron chi connectivity index (χ4n) is 0.873. The first-order valence-corrected chi connectivity index (χ1v) is 4.49. The second-order valence-electron chi connectivity index (χ2n) is 2.81. The Hall–Kier alpha value is -2.08. The van der Waals surface area contributed by atoms with Gasteiger partial charge in [-0.25, -0.2) is 10.3 Å². The van der Waals surface area contributed by atoms with Gasteiger partial charge in [-0.2, -0.15) is 0 Å². The van der Waals surface area contributed by atoms with Gasteiger partial charge in [0.25, 0.3) is 5.91 Å². The first-order chi connectivity index (χ1) is 7.68. The number of nitrogens with one attached hydrogen (secondary N) is 1. The summed E-state index contributed by atoms with van der Waals surface area (Å²) in [6, 6.07) is 8.77. The van der Waals surface area contributed by atoms with E-state index in [9.17, 15) is 9.59 Å². The number of ether oxygens (including phenoxy) is 1. The maximum Gasteiger partial charge on any atom is 0.332 e. The largest absolute Gasteiger partial charge is 0.484 e. The summed E-state index contributed by atoms with van der Waals surface area (Å²) in [7, 11) is 0. The van der Waals surface area contributed by atoms with E-state index >= 15 is 0 Å². The van der Waals surface area contributed by atoms with E-state index in [-0.39, 0.29) is 6.61 Å². The summed E-state index contributed by atoms with van der Waals surface area (Å²) in [5.74, 6) is -1.16. The predicted molar refractivity (Wildman–Crippen MR) is 53.7 cm³/mol. The Bertz CT molecular complexity index is 351. The Labute approximate surface area is 91.7 Å². The number of hydrogen-bond acceptors (Lipinski definition) is 4. The lowest BCUT2D eigenvalue weighted by Gasteiger charge is -2.06. The number of aliphatic carboxylic acids is 1. The van der Waals surface area contributed by atoms with Crippen LogP contribution in [0.4, 0.5) is 0 Å². The molecule has 0 fully saturated rings. The van der Waals surface area contributed by atoms with Gasteiger partial charge in [-0.3, -0.25) is 9.63 Å². The molecule has 0 aromatic heterocycles. The Morgan fingerprint density at radius 3 is 2.50 bits per heavy atom. The van der Waals surface area contributed by atoms with Crippen molar-refractivity contribution >= 4 is 11.9 Å². The Balaban J connectivity index is 2.18. The molecule has 0 radical (unpaired) electrons. The summed E-state index contributed by atoms with van der Waals surface area (Å²) in [4.78, 5) is 25.5. The highest BCUT2D eigenvalue weighted by Crippen LogP contribution is 2.07. The van der Waals surface area contributed by atoms with Crippen molar-refractivity contribution in [2.24, 2.45) is 0 Å². The minimum Gasteiger partial charge on any atom is -0.484 e. The van der Waals surface area contributed by atoms with E-state index in [1.165, 1.54) is 0 Å². The molecule has 0 heterocycles. The quantitative estimate of drug-likeness (QED) is 0.675.